The van der Waals surface area contributed by atoms with E-state index in [0.29, 0.717) is 0 Å². The maximum absolute atomic E-state index is 12.2. The molecule has 0 unspecified atom stereocenters. The van der Waals surface area contributed by atoms with Gasteiger partial charge in [0.15, 0.2) is 0 Å². The number of morpholine rings is 1. The van der Waals surface area contributed by atoms with Gasteiger partial charge in [-0.25, -0.2) is 0 Å². The third-order valence-corrected chi connectivity index (χ3v) is 4.67. The highest BCUT2D eigenvalue weighted by Gasteiger charge is 2.20. The van der Waals surface area contributed by atoms with Crippen molar-refractivity contribution in [2.24, 2.45) is 0 Å². The summed E-state index contributed by atoms with van der Waals surface area (Å²) in [7, 11) is 0. The molecule has 2 aliphatic heterocycles. The fraction of sp³-hybridized carbons (Fsp3) is 0.611. The topological polar surface area (TPSA) is 53.6 Å². The Morgan fingerprint density at radius 2 is 1.88 bits per heavy atom. The summed E-state index contributed by atoms with van der Waals surface area (Å²) in [6, 6.07) is 8.21. The molecule has 3 rings (SSSR count). The number of hydrogen-bond donors (Lipinski definition) is 2. The Labute approximate surface area is 162 Å². The predicted octanol–water partition coefficient (Wildman–Crippen LogP) is 2.49. The van der Waals surface area contributed by atoms with Gasteiger partial charge in [-0.2, -0.15) is 0 Å². The van der Waals surface area contributed by atoms with Crippen LogP contribution in [0.4, 0.5) is 5.69 Å². The number of nitrogens with zero attached hydrogens (tertiary/aromatic N) is 1. The molecule has 7 heteroatoms. The van der Waals surface area contributed by atoms with Crippen LogP contribution in [-0.2, 0) is 16.0 Å². The van der Waals surface area contributed by atoms with Gasteiger partial charge in [0, 0.05) is 25.3 Å². The van der Waals surface area contributed by atoms with E-state index in [-0.39, 0.29) is 36.8 Å². The maximum Gasteiger partial charge on any atom is 0.241 e. The van der Waals surface area contributed by atoms with E-state index in [0.717, 1.165) is 64.3 Å². The van der Waals surface area contributed by atoms with Gasteiger partial charge in [0.05, 0.1) is 19.3 Å². The van der Waals surface area contributed by atoms with Crippen LogP contribution >= 0.6 is 24.8 Å². The number of carbonyl (C=O) groups excluding carboxylic acids is 1. The largest absolute Gasteiger partial charge is 0.379 e. The molecule has 1 aromatic carbocycles. The molecule has 2 fully saturated rings. The third-order valence-electron chi connectivity index (χ3n) is 4.67. The van der Waals surface area contributed by atoms with E-state index in [9.17, 15) is 4.79 Å². The second-order valence-electron chi connectivity index (χ2n) is 6.39. The monoisotopic (exact) mass is 389 g/mol. The van der Waals surface area contributed by atoms with E-state index in [4.69, 9.17) is 4.74 Å². The van der Waals surface area contributed by atoms with Crippen LogP contribution in [0.15, 0.2) is 24.3 Å². The molecule has 0 radical (unpaired) electrons. The van der Waals surface area contributed by atoms with Crippen molar-refractivity contribution in [2.75, 3.05) is 44.7 Å². The van der Waals surface area contributed by atoms with Crippen molar-refractivity contribution in [1.29, 1.82) is 0 Å². The zero-order valence-electron chi connectivity index (χ0n) is 14.5. The average Bonchev–Trinajstić information content (AvgIpc) is 2.63. The quantitative estimate of drug-likeness (QED) is 0.811. The molecule has 2 saturated heterocycles. The van der Waals surface area contributed by atoms with Gasteiger partial charge in [0.1, 0.15) is 0 Å². The molecule has 0 aliphatic carbocycles. The Morgan fingerprint density at radius 1 is 1.16 bits per heavy atom. The minimum absolute atomic E-state index is 0. The van der Waals surface area contributed by atoms with Gasteiger partial charge in [0.25, 0.3) is 0 Å². The highest BCUT2D eigenvalue weighted by molar-refractivity contribution is 5.94. The third kappa shape index (κ3) is 7.12. The predicted molar refractivity (Wildman–Crippen MR) is 106 cm³/mol. The van der Waals surface area contributed by atoms with Crippen LogP contribution in [0.25, 0.3) is 0 Å². The average molecular weight is 390 g/mol. The molecule has 142 valence electrons. The fourth-order valence-electron chi connectivity index (χ4n) is 3.17. The summed E-state index contributed by atoms with van der Waals surface area (Å²) in [6.07, 6.45) is 4.27. The maximum atomic E-state index is 12.2. The van der Waals surface area contributed by atoms with Gasteiger partial charge in [0.2, 0.25) is 5.91 Å². The van der Waals surface area contributed by atoms with Crippen molar-refractivity contribution in [3.05, 3.63) is 29.8 Å². The number of hydrogen-bond acceptors (Lipinski definition) is 4. The number of benzene rings is 1. The number of piperidine rings is 1. The molecular weight excluding hydrogens is 361 g/mol. The van der Waals surface area contributed by atoms with Crippen LogP contribution in [0.3, 0.4) is 0 Å². The van der Waals surface area contributed by atoms with Gasteiger partial charge < -0.3 is 15.4 Å². The van der Waals surface area contributed by atoms with Crippen LogP contribution in [0.1, 0.15) is 24.8 Å². The first kappa shape index (κ1) is 22.2. The number of carbonyl (C=O) groups is 1. The molecule has 1 amide bonds. The van der Waals surface area contributed by atoms with Crippen molar-refractivity contribution < 1.29 is 9.53 Å². The molecule has 1 atom stereocenters. The lowest BCUT2D eigenvalue weighted by Gasteiger charge is -2.26. The molecular formula is C18H29Cl2N3O2. The van der Waals surface area contributed by atoms with E-state index >= 15 is 0 Å². The number of amides is 1. The molecule has 0 bridgehead atoms. The minimum atomic E-state index is -0.0373. The summed E-state index contributed by atoms with van der Waals surface area (Å²) in [5.41, 5.74) is 2.20. The SMILES string of the molecule is Cl.Cl.O=C(Nc1ccc(CCN2CCOCC2)cc1)[C@H]1CCCCN1. The lowest BCUT2D eigenvalue weighted by atomic mass is 10.0. The molecule has 5 nitrogen and oxygen atoms in total. The molecule has 25 heavy (non-hydrogen) atoms. The number of rotatable bonds is 5. The van der Waals surface area contributed by atoms with Crippen LogP contribution in [0.5, 0.6) is 0 Å². The molecule has 2 N–H and O–H groups in total. The summed E-state index contributed by atoms with van der Waals surface area (Å²) in [4.78, 5) is 14.6. The number of anilines is 1. The van der Waals surface area contributed by atoms with E-state index in [2.05, 4.69) is 27.7 Å². The first-order valence-electron chi connectivity index (χ1n) is 8.74. The van der Waals surface area contributed by atoms with Gasteiger partial charge in [-0.1, -0.05) is 18.6 Å². The molecule has 0 spiro atoms. The van der Waals surface area contributed by atoms with Crippen molar-refractivity contribution >= 4 is 36.4 Å². The highest BCUT2D eigenvalue weighted by atomic mass is 35.5. The van der Waals surface area contributed by atoms with E-state index in [1.54, 1.807) is 0 Å². The zero-order chi connectivity index (χ0) is 15.9. The Bertz CT molecular complexity index is 502. The van der Waals surface area contributed by atoms with Crippen molar-refractivity contribution in [3.8, 4) is 0 Å². The summed E-state index contributed by atoms with van der Waals surface area (Å²) >= 11 is 0. The standard InChI is InChI=1S/C18H27N3O2.2ClH/c22-18(17-3-1-2-9-19-17)20-16-6-4-15(5-7-16)8-10-21-11-13-23-14-12-21;;/h4-7,17,19H,1-3,8-14H2,(H,20,22);2*1H/t17-;;/m1../s1. The number of halogens is 2. The van der Waals surface area contributed by atoms with E-state index in [1.807, 2.05) is 12.1 Å². The summed E-state index contributed by atoms with van der Waals surface area (Å²) < 4.78 is 5.37. The minimum Gasteiger partial charge on any atom is -0.379 e. The number of nitrogens with one attached hydrogen (secondary N) is 2. The van der Waals surface area contributed by atoms with Crippen molar-refractivity contribution in [1.82, 2.24) is 10.2 Å². The first-order valence-corrected chi connectivity index (χ1v) is 8.74. The molecule has 0 aromatic heterocycles. The summed E-state index contributed by atoms with van der Waals surface area (Å²) in [6.45, 7) is 5.77. The summed E-state index contributed by atoms with van der Waals surface area (Å²) in [5, 5.41) is 6.30. The fourth-order valence-corrected chi connectivity index (χ4v) is 3.17. The van der Waals surface area contributed by atoms with Gasteiger partial charge >= 0.3 is 0 Å². The highest BCUT2D eigenvalue weighted by Crippen LogP contribution is 2.13. The Kier molecular flexibility index (Phi) is 10.4. The lowest BCUT2D eigenvalue weighted by molar-refractivity contribution is -0.118. The second-order valence-corrected chi connectivity index (χ2v) is 6.39. The van der Waals surface area contributed by atoms with Gasteiger partial charge in [-0.15, -0.1) is 24.8 Å². The lowest BCUT2D eigenvalue weighted by Crippen LogP contribution is -2.43. The van der Waals surface area contributed by atoms with Crippen molar-refractivity contribution in [3.63, 3.8) is 0 Å². The van der Waals surface area contributed by atoms with E-state index in [1.165, 1.54) is 12.0 Å². The van der Waals surface area contributed by atoms with Crippen molar-refractivity contribution in [2.45, 2.75) is 31.7 Å². The van der Waals surface area contributed by atoms with Crippen LogP contribution in [0.2, 0.25) is 0 Å². The zero-order valence-corrected chi connectivity index (χ0v) is 16.2. The number of ether oxygens (including phenoxy) is 1. The van der Waals surface area contributed by atoms with Crippen LogP contribution < -0.4 is 10.6 Å². The Balaban J connectivity index is 0.00000156. The van der Waals surface area contributed by atoms with Crippen LogP contribution in [-0.4, -0.2) is 56.2 Å². The normalized spacial score (nSPS) is 20.9. The smallest absolute Gasteiger partial charge is 0.241 e. The molecule has 2 aliphatic rings. The first-order chi connectivity index (χ1) is 11.3. The van der Waals surface area contributed by atoms with E-state index < -0.39 is 0 Å². The van der Waals surface area contributed by atoms with Gasteiger partial charge in [-0.05, 0) is 43.5 Å². The Hall–Kier alpha value is -0.850. The second kappa shape index (κ2) is 11.7. The molecule has 2 heterocycles. The van der Waals surface area contributed by atoms with Crippen LogP contribution in [0, 0.1) is 0 Å². The molecule has 1 aromatic rings. The Morgan fingerprint density at radius 3 is 2.52 bits per heavy atom. The van der Waals surface area contributed by atoms with Gasteiger partial charge in [-0.3, -0.25) is 9.69 Å². The summed E-state index contributed by atoms with van der Waals surface area (Å²) in [5.74, 6) is 0.0887. The molecule has 0 saturated carbocycles.